The van der Waals surface area contributed by atoms with Crippen molar-refractivity contribution in [3.05, 3.63) is 34.9 Å². The number of aromatic nitrogens is 2. The summed E-state index contributed by atoms with van der Waals surface area (Å²) >= 11 is 1.39. The van der Waals surface area contributed by atoms with Crippen LogP contribution in [-0.2, 0) is 10.0 Å². The normalized spacial score (nSPS) is 13.2. The van der Waals surface area contributed by atoms with Crippen LogP contribution in [-0.4, -0.2) is 18.4 Å². The van der Waals surface area contributed by atoms with Crippen LogP contribution in [0.3, 0.4) is 0 Å². The summed E-state index contributed by atoms with van der Waals surface area (Å²) in [5.74, 6) is 5.49. The van der Waals surface area contributed by atoms with Crippen LogP contribution in [0.1, 0.15) is 18.0 Å². The van der Waals surface area contributed by atoms with Gasteiger partial charge < -0.3 is 5.43 Å². The minimum absolute atomic E-state index is 0.0962. The number of thiazole rings is 1. The number of hydrogen-bond donors (Lipinski definition) is 3. The summed E-state index contributed by atoms with van der Waals surface area (Å²) in [6, 6.07) is 2.36. The minimum atomic E-state index is -3.64. The van der Waals surface area contributed by atoms with E-state index in [0.29, 0.717) is 5.01 Å². The van der Waals surface area contributed by atoms with Crippen molar-refractivity contribution in [1.29, 1.82) is 0 Å². The Kier molecular flexibility index (Phi) is 4.10. The number of hydrazine groups is 1. The lowest BCUT2D eigenvalue weighted by Crippen LogP contribution is -2.27. The van der Waals surface area contributed by atoms with Crippen LogP contribution in [0.4, 0.5) is 5.82 Å². The third-order valence-corrected chi connectivity index (χ3v) is 4.84. The van der Waals surface area contributed by atoms with Gasteiger partial charge in [0.15, 0.2) is 0 Å². The Bertz CT molecular complexity index is 642. The zero-order valence-corrected chi connectivity index (χ0v) is 11.7. The zero-order valence-electron chi connectivity index (χ0n) is 10.1. The van der Waals surface area contributed by atoms with Gasteiger partial charge >= 0.3 is 0 Å². The lowest BCUT2D eigenvalue weighted by atomic mass is 10.4. The highest BCUT2D eigenvalue weighted by Gasteiger charge is 2.20. The molecule has 1 unspecified atom stereocenters. The summed E-state index contributed by atoms with van der Waals surface area (Å²) in [6.45, 7) is 1.74. The van der Waals surface area contributed by atoms with Gasteiger partial charge in [0.05, 0.1) is 10.9 Å². The van der Waals surface area contributed by atoms with E-state index in [4.69, 9.17) is 5.84 Å². The Labute approximate surface area is 114 Å². The first-order valence-corrected chi connectivity index (χ1v) is 7.73. The van der Waals surface area contributed by atoms with Gasteiger partial charge in [-0.15, -0.1) is 11.3 Å². The molecule has 2 aromatic rings. The van der Waals surface area contributed by atoms with E-state index in [1.54, 1.807) is 18.5 Å². The van der Waals surface area contributed by atoms with Crippen LogP contribution in [0.2, 0.25) is 0 Å². The fourth-order valence-corrected chi connectivity index (χ4v) is 3.40. The SMILES string of the molecule is CC(NS(=O)(=O)c1ccnc(NN)c1)c1nccs1. The third-order valence-electron chi connectivity index (χ3n) is 2.34. The molecule has 0 aliphatic heterocycles. The summed E-state index contributed by atoms with van der Waals surface area (Å²) in [7, 11) is -3.64. The van der Waals surface area contributed by atoms with E-state index in [-0.39, 0.29) is 10.7 Å². The Balaban J connectivity index is 2.22. The summed E-state index contributed by atoms with van der Waals surface area (Å²) in [5, 5.41) is 2.50. The average molecular weight is 299 g/mol. The molecule has 1 atom stereocenters. The fourth-order valence-electron chi connectivity index (χ4n) is 1.46. The van der Waals surface area contributed by atoms with Crippen LogP contribution in [0.25, 0.3) is 0 Å². The molecule has 0 saturated carbocycles. The minimum Gasteiger partial charge on any atom is -0.308 e. The monoisotopic (exact) mass is 299 g/mol. The Morgan fingerprint density at radius 2 is 2.16 bits per heavy atom. The van der Waals surface area contributed by atoms with Gasteiger partial charge in [-0.3, -0.25) is 0 Å². The number of pyridine rings is 1. The Morgan fingerprint density at radius 3 is 2.79 bits per heavy atom. The van der Waals surface area contributed by atoms with Crippen molar-refractivity contribution in [2.45, 2.75) is 17.9 Å². The average Bonchev–Trinajstić information content (AvgIpc) is 2.92. The molecular formula is C10H13N5O2S2. The molecular weight excluding hydrogens is 286 g/mol. The number of nitrogen functional groups attached to an aromatic ring is 1. The first kappa shape index (κ1) is 13.9. The maximum Gasteiger partial charge on any atom is 0.241 e. The fraction of sp³-hybridized carbons (Fsp3) is 0.200. The van der Waals surface area contributed by atoms with Crippen molar-refractivity contribution in [3.8, 4) is 0 Å². The smallest absolute Gasteiger partial charge is 0.241 e. The molecule has 2 rings (SSSR count). The Morgan fingerprint density at radius 1 is 1.37 bits per heavy atom. The van der Waals surface area contributed by atoms with E-state index in [0.717, 1.165) is 0 Å². The standard InChI is InChI=1S/C10H13N5O2S2/c1-7(10-13-4-5-18-10)15-19(16,17)8-2-3-12-9(6-8)14-11/h2-7,15H,11H2,1H3,(H,12,14). The second kappa shape index (κ2) is 5.61. The predicted molar refractivity (Wildman–Crippen MR) is 72.9 cm³/mol. The molecule has 0 amide bonds. The summed E-state index contributed by atoms with van der Waals surface area (Å²) in [4.78, 5) is 8.03. The van der Waals surface area contributed by atoms with Gasteiger partial charge in [0.25, 0.3) is 0 Å². The maximum atomic E-state index is 12.2. The molecule has 7 nitrogen and oxygen atoms in total. The van der Waals surface area contributed by atoms with Gasteiger partial charge in [0.2, 0.25) is 10.0 Å². The summed E-state index contributed by atoms with van der Waals surface area (Å²) < 4.78 is 26.9. The second-order valence-corrected chi connectivity index (χ2v) is 6.37. The van der Waals surface area contributed by atoms with Gasteiger partial charge in [0.1, 0.15) is 10.8 Å². The Hall–Kier alpha value is -1.55. The van der Waals surface area contributed by atoms with Crippen molar-refractivity contribution < 1.29 is 8.42 Å². The first-order chi connectivity index (χ1) is 9.03. The quantitative estimate of drug-likeness (QED) is 0.558. The van der Waals surface area contributed by atoms with E-state index in [2.05, 4.69) is 20.1 Å². The summed E-state index contributed by atoms with van der Waals surface area (Å²) in [6.07, 6.45) is 3.01. The van der Waals surface area contributed by atoms with E-state index >= 15 is 0 Å². The van der Waals surface area contributed by atoms with Crippen molar-refractivity contribution in [2.75, 3.05) is 5.43 Å². The van der Waals surface area contributed by atoms with E-state index < -0.39 is 16.1 Å². The number of hydrogen-bond acceptors (Lipinski definition) is 7. The molecule has 0 spiro atoms. The molecule has 0 saturated heterocycles. The van der Waals surface area contributed by atoms with Crippen LogP contribution in [0.15, 0.2) is 34.8 Å². The number of anilines is 1. The van der Waals surface area contributed by atoms with Gasteiger partial charge in [0, 0.05) is 23.8 Å². The number of nitrogens with one attached hydrogen (secondary N) is 2. The van der Waals surface area contributed by atoms with Crippen molar-refractivity contribution in [1.82, 2.24) is 14.7 Å². The van der Waals surface area contributed by atoms with Crippen LogP contribution in [0, 0.1) is 0 Å². The number of nitrogens with zero attached hydrogens (tertiary/aromatic N) is 2. The molecule has 0 fully saturated rings. The van der Waals surface area contributed by atoms with E-state index in [1.165, 1.54) is 29.7 Å². The second-order valence-electron chi connectivity index (χ2n) is 3.73. The maximum absolute atomic E-state index is 12.2. The number of sulfonamides is 1. The molecule has 102 valence electrons. The zero-order chi connectivity index (χ0) is 13.9. The highest BCUT2D eigenvalue weighted by atomic mass is 32.2. The van der Waals surface area contributed by atoms with Gasteiger partial charge in [-0.1, -0.05) is 0 Å². The lowest BCUT2D eigenvalue weighted by Gasteiger charge is -2.12. The molecule has 19 heavy (non-hydrogen) atoms. The largest absolute Gasteiger partial charge is 0.308 e. The molecule has 0 aromatic carbocycles. The van der Waals surface area contributed by atoms with Crippen LogP contribution < -0.4 is 16.0 Å². The highest BCUT2D eigenvalue weighted by molar-refractivity contribution is 7.89. The molecule has 0 aliphatic carbocycles. The van der Waals surface area contributed by atoms with E-state index in [9.17, 15) is 8.42 Å². The molecule has 9 heteroatoms. The molecule has 4 N–H and O–H groups in total. The van der Waals surface area contributed by atoms with E-state index in [1.807, 2.05) is 0 Å². The molecule has 0 radical (unpaired) electrons. The molecule has 2 heterocycles. The van der Waals surface area contributed by atoms with Crippen LogP contribution in [0.5, 0.6) is 0 Å². The summed E-state index contributed by atoms with van der Waals surface area (Å²) in [5.41, 5.74) is 2.31. The van der Waals surface area contributed by atoms with Crippen molar-refractivity contribution >= 4 is 27.2 Å². The third kappa shape index (κ3) is 3.26. The van der Waals surface area contributed by atoms with Gasteiger partial charge in [-0.25, -0.2) is 29.0 Å². The predicted octanol–water partition coefficient (Wildman–Crippen LogP) is 0.863. The number of nitrogens with two attached hydrogens (primary N) is 1. The molecule has 0 aliphatic rings. The van der Waals surface area contributed by atoms with Crippen LogP contribution >= 0.6 is 11.3 Å². The van der Waals surface area contributed by atoms with Gasteiger partial charge in [-0.05, 0) is 13.0 Å². The lowest BCUT2D eigenvalue weighted by molar-refractivity contribution is 0.566. The first-order valence-electron chi connectivity index (χ1n) is 5.37. The number of rotatable bonds is 5. The van der Waals surface area contributed by atoms with Crippen molar-refractivity contribution in [2.24, 2.45) is 5.84 Å². The van der Waals surface area contributed by atoms with Crippen molar-refractivity contribution in [3.63, 3.8) is 0 Å². The topological polar surface area (TPSA) is 110 Å². The van der Waals surface area contributed by atoms with Gasteiger partial charge in [-0.2, -0.15) is 0 Å². The highest BCUT2D eigenvalue weighted by Crippen LogP contribution is 2.19. The molecule has 2 aromatic heterocycles. The molecule has 0 bridgehead atoms.